The first-order chi connectivity index (χ1) is 7.16. The Morgan fingerprint density at radius 2 is 2.53 bits per heavy atom. The van der Waals surface area contributed by atoms with Gasteiger partial charge in [-0.3, -0.25) is 4.68 Å². The van der Waals surface area contributed by atoms with Gasteiger partial charge in [-0.05, 0) is 13.3 Å². The summed E-state index contributed by atoms with van der Waals surface area (Å²) in [6, 6.07) is 0.123. The van der Waals surface area contributed by atoms with Crippen molar-refractivity contribution >= 4 is 0 Å². The first kappa shape index (κ1) is 10.6. The summed E-state index contributed by atoms with van der Waals surface area (Å²) in [5.74, 6) is 1.40. The number of aromatic nitrogens is 3. The van der Waals surface area contributed by atoms with E-state index in [1.807, 2.05) is 7.05 Å². The van der Waals surface area contributed by atoms with Gasteiger partial charge in [0.1, 0.15) is 12.2 Å². The van der Waals surface area contributed by atoms with Gasteiger partial charge >= 0.3 is 0 Å². The molecule has 0 saturated carbocycles. The van der Waals surface area contributed by atoms with Gasteiger partial charge in [0, 0.05) is 25.4 Å². The number of ether oxygens (including phenoxy) is 1. The fourth-order valence-corrected chi connectivity index (χ4v) is 2.03. The number of rotatable bonds is 3. The van der Waals surface area contributed by atoms with E-state index in [-0.39, 0.29) is 6.04 Å². The van der Waals surface area contributed by atoms with Crippen LogP contribution in [0, 0.1) is 5.92 Å². The van der Waals surface area contributed by atoms with Crippen molar-refractivity contribution < 1.29 is 4.74 Å². The molecule has 5 heteroatoms. The van der Waals surface area contributed by atoms with Crippen molar-refractivity contribution in [1.82, 2.24) is 14.8 Å². The molecular weight excluding hydrogens is 192 g/mol. The summed E-state index contributed by atoms with van der Waals surface area (Å²) in [7, 11) is 1.89. The molecule has 1 fully saturated rings. The normalized spacial score (nSPS) is 28.2. The van der Waals surface area contributed by atoms with Crippen molar-refractivity contribution in [2.45, 2.75) is 31.9 Å². The van der Waals surface area contributed by atoms with E-state index < -0.39 is 0 Å². The Bertz CT molecular complexity index is 325. The summed E-state index contributed by atoms with van der Waals surface area (Å²) in [6.45, 7) is 2.87. The average Bonchev–Trinajstić information content (AvgIpc) is 2.77. The van der Waals surface area contributed by atoms with E-state index in [1.165, 1.54) is 0 Å². The molecule has 2 rings (SSSR count). The van der Waals surface area contributed by atoms with E-state index >= 15 is 0 Å². The second-order valence-electron chi connectivity index (χ2n) is 4.31. The Balaban J connectivity index is 1.92. The molecular formula is C10H18N4O. The molecule has 1 aromatic rings. The number of nitrogens with two attached hydrogens (primary N) is 1. The molecule has 84 valence electrons. The third kappa shape index (κ3) is 2.35. The minimum Gasteiger partial charge on any atom is -0.378 e. The van der Waals surface area contributed by atoms with Gasteiger partial charge in [0.25, 0.3) is 0 Å². The smallest absolute Gasteiger partial charge is 0.138 e. The zero-order chi connectivity index (χ0) is 10.8. The first-order valence-electron chi connectivity index (χ1n) is 5.37. The maximum absolute atomic E-state index is 6.14. The molecule has 3 unspecified atom stereocenters. The van der Waals surface area contributed by atoms with E-state index in [0.29, 0.717) is 12.0 Å². The van der Waals surface area contributed by atoms with Crippen LogP contribution in [0.15, 0.2) is 6.33 Å². The van der Waals surface area contributed by atoms with Gasteiger partial charge in [0.2, 0.25) is 0 Å². The van der Waals surface area contributed by atoms with Gasteiger partial charge in [-0.1, -0.05) is 0 Å². The Hall–Kier alpha value is -0.940. The van der Waals surface area contributed by atoms with Gasteiger partial charge in [0.15, 0.2) is 0 Å². The molecule has 0 spiro atoms. The largest absolute Gasteiger partial charge is 0.378 e. The number of hydrogen-bond donors (Lipinski definition) is 1. The average molecular weight is 210 g/mol. The maximum atomic E-state index is 6.14. The monoisotopic (exact) mass is 210 g/mol. The van der Waals surface area contributed by atoms with Crippen LogP contribution in [-0.4, -0.2) is 33.5 Å². The molecule has 5 nitrogen and oxygen atoms in total. The third-order valence-corrected chi connectivity index (χ3v) is 3.06. The van der Waals surface area contributed by atoms with E-state index in [9.17, 15) is 0 Å². The Labute approximate surface area is 89.6 Å². The zero-order valence-corrected chi connectivity index (χ0v) is 9.26. The van der Waals surface area contributed by atoms with Crippen LogP contribution in [-0.2, 0) is 18.2 Å². The summed E-state index contributed by atoms with van der Waals surface area (Å²) in [4.78, 5) is 4.18. The molecule has 1 aliphatic rings. The summed E-state index contributed by atoms with van der Waals surface area (Å²) < 4.78 is 7.29. The van der Waals surface area contributed by atoms with Gasteiger partial charge in [-0.15, -0.1) is 0 Å². The quantitative estimate of drug-likeness (QED) is 0.769. The second kappa shape index (κ2) is 4.28. The Morgan fingerprint density at radius 1 is 1.73 bits per heavy atom. The predicted octanol–water partition coefficient (Wildman–Crippen LogP) is 0.110. The van der Waals surface area contributed by atoms with Gasteiger partial charge in [-0.25, -0.2) is 4.98 Å². The summed E-state index contributed by atoms with van der Waals surface area (Å²) in [5.41, 5.74) is 6.14. The predicted molar refractivity (Wildman–Crippen MR) is 56.2 cm³/mol. The highest BCUT2D eigenvalue weighted by Gasteiger charge is 2.28. The van der Waals surface area contributed by atoms with Crippen molar-refractivity contribution in [3.8, 4) is 0 Å². The maximum Gasteiger partial charge on any atom is 0.138 e. The van der Waals surface area contributed by atoms with Gasteiger partial charge in [0.05, 0.1) is 12.7 Å². The van der Waals surface area contributed by atoms with Crippen molar-refractivity contribution in [3.63, 3.8) is 0 Å². The molecule has 0 aromatic carbocycles. The van der Waals surface area contributed by atoms with Crippen LogP contribution in [0.2, 0.25) is 0 Å². The lowest BCUT2D eigenvalue weighted by atomic mass is 9.95. The highest BCUT2D eigenvalue weighted by molar-refractivity contribution is 4.91. The molecule has 0 bridgehead atoms. The molecule has 1 aromatic heterocycles. The molecule has 0 radical (unpaired) electrons. The Morgan fingerprint density at radius 3 is 3.07 bits per heavy atom. The standard InChI is InChI=1S/C10H18N4O/c1-7-3-8(5-15-7)9(11)4-10-12-6-13-14(10)2/h6-9H,3-5,11H2,1-2H3. The molecule has 2 N–H and O–H groups in total. The second-order valence-corrected chi connectivity index (χ2v) is 4.31. The van der Waals surface area contributed by atoms with Crippen LogP contribution in [0.3, 0.4) is 0 Å². The van der Waals surface area contributed by atoms with E-state index in [0.717, 1.165) is 25.3 Å². The summed E-state index contributed by atoms with van der Waals surface area (Å²) in [6.07, 6.45) is 3.74. The first-order valence-corrected chi connectivity index (χ1v) is 5.37. The fourth-order valence-electron chi connectivity index (χ4n) is 2.03. The van der Waals surface area contributed by atoms with Crippen LogP contribution >= 0.6 is 0 Å². The number of aryl methyl sites for hydroxylation is 1. The van der Waals surface area contributed by atoms with E-state index in [2.05, 4.69) is 17.0 Å². The lowest BCUT2D eigenvalue weighted by Gasteiger charge is -2.16. The topological polar surface area (TPSA) is 66.0 Å². The number of nitrogens with zero attached hydrogens (tertiary/aromatic N) is 3. The van der Waals surface area contributed by atoms with Crippen LogP contribution in [0.5, 0.6) is 0 Å². The molecule has 0 amide bonds. The van der Waals surface area contributed by atoms with Crippen LogP contribution in [0.25, 0.3) is 0 Å². The van der Waals surface area contributed by atoms with Crippen molar-refractivity contribution in [2.75, 3.05) is 6.61 Å². The van der Waals surface area contributed by atoms with Crippen molar-refractivity contribution in [1.29, 1.82) is 0 Å². The summed E-state index contributed by atoms with van der Waals surface area (Å²) in [5, 5.41) is 4.03. The molecule has 0 aliphatic carbocycles. The van der Waals surface area contributed by atoms with E-state index in [4.69, 9.17) is 10.5 Å². The van der Waals surface area contributed by atoms with Crippen molar-refractivity contribution in [3.05, 3.63) is 12.2 Å². The lowest BCUT2D eigenvalue weighted by molar-refractivity contribution is 0.118. The minimum absolute atomic E-state index is 0.123. The molecule has 1 aliphatic heterocycles. The van der Waals surface area contributed by atoms with Gasteiger partial charge < -0.3 is 10.5 Å². The minimum atomic E-state index is 0.123. The van der Waals surface area contributed by atoms with E-state index in [1.54, 1.807) is 11.0 Å². The van der Waals surface area contributed by atoms with Crippen LogP contribution in [0.1, 0.15) is 19.2 Å². The van der Waals surface area contributed by atoms with Crippen LogP contribution in [0.4, 0.5) is 0 Å². The summed E-state index contributed by atoms with van der Waals surface area (Å²) >= 11 is 0. The molecule has 15 heavy (non-hydrogen) atoms. The molecule has 1 saturated heterocycles. The SMILES string of the molecule is CC1CC(C(N)Cc2ncnn2C)CO1. The lowest BCUT2D eigenvalue weighted by Crippen LogP contribution is -2.33. The highest BCUT2D eigenvalue weighted by Crippen LogP contribution is 2.22. The third-order valence-electron chi connectivity index (χ3n) is 3.06. The van der Waals surface area contributed by atoms with Crippen molar-refractivity contribution in [2.24, 2.45) is 18.7 Å². The zero-order valence-electron chi connectivity index (χ0n) is 9.26. The highest BCUT2D eigenvalue weighted by atomic mass is 16.5. The molecule has 3 atom stereocenters. The molecule has 2 heterocycles. The van der Waals surface area contributed by atoms with Crippen LogP contribution < -0.4 is 5.73 Å². The fraction of sp³-hybridized carbons (Fsp3) is 0.800. The number of hydrogen-bond acceptors (Lipinski definition) is 4. The van der Waals surface area contributed by atoms with Gasteiger partial charge in [-0.2, -0.15) is 5.10 Å². The Kier molecular flexibility index (Phi) is 3.02.